The average Bonchev–Trinajstić information content (AvgIpc) is 2.46. The largest absolute Gasteiger partial charge is 0.495 e. The van der Waals surface area contributed by atoms with E-state index >= 15 is 0 Å². The van der Waals surface area contributed by atoms with Crippen molar-refractivity contribution in [2.24, 2.45) is 5.73 Å². The molecule has 0 bridgehead atoms. The highest BCUT2D eigenvalue weighted by molar-refractivity contribution is 7.92. The van der Waals surface area contributed by atoms with E-state index in [1.165, 1.54) is 19.4 Å². The van der Waals surface area contributed by atoms with Gasteiger partial charge < -0.3 is 10.5 Å². The van der Waals surface area contributed by atoms with E-state index in [0.29, 0.717) is 12.2 Å². The second kappa shape index (κ2) is 6.11. The predicted molar refractivity (Wildman–Crippen MR) is 80.7 cm³/mol. The smallest absolute Gasteiger partial charge is 0.265 e. The first-order chi connectivity index (χ1) is 9.96. The molecule has 0 fully saturated rings. The van der Waals surface area contributed by atoms with Gasteiger partial charge in [0, 0.05) is 12.7 Å². The summed E-state index contributed by atoms with van der Waals surface area (Å²) >= 11 is 0. The molecule has 0 aliphatic carbocycles. The van der Waals surface area contributed by atoms with Crippen molar-refractivity contribution in [3.8, 4) is 5.75 Å². The highest BCUT2D eigenvalue weighted by atomic mass is 32.2. The molecule has 21 heavy (non-hydrogen) atoms. The minimum atomic E-state index is -3.75. The number of rotatable bonds is 5. The Balaban J connectivity index is 2.40. The molecule has 0 amide bonds. The molecule has 1 aromatic heterocycles. The van der Waals surface area contributed by atoms with Gasteiger partial charge in [-0.2, -0.15) is 0 Å². The topological polar surface area (TPSA) is 94.3 Å². The number of pyridine rings is 1. The van der Waals surface area contributed by atoms with Crippen LogP contribution in [0.1, 0.15) is 11.1 Å². The zero-order chi connectivity index (χ0) is 15.5. The van der Waals surface area contributed by atoms with E-state index in [2.05, 4.69) is 9.71 Å². The standard InChI is InChI=1S/C14H17N3O3S/c1-10-5-12(9-16-8-10)17-21(18,19)14-4-3-11(7-15)6-13(14)20-2/h3-6,8-9,17H,7,15H2,1-2H3. The van der Waals surface area contributed by atoms with Gasteiger partial charge in [0.25, 0.3) is 10.0 Å². The SMILES string of the molecule is COc1cc(CN)ccc1S(=O)(=O)Nc1cncc(C)c1. The van der Waals surface area contributed by atoms with Gasteiger partial charge in [-0.05, 0) is 36.2 Å². The quantitative estimate of drug-likeness (QED) is 0.876. The number of nitrogens with one attached hydrogen (secondary N) is 1. The number of methoxy groups -OCH3 is 1. The number of aryl methyl sites for hydroxylation is 1. The lowest BCUT2D eigenvalue weighted by atomic mass is 10.2. The molecule has 6 nitrogen and oxygen atoms in total. The Bertz CT molecular complexity index is 745. The number of aromatic nitrogens is 1. The molecule has 0 saturated carbocycles. The number of benzene rings is 1. The molecule has 0 aliphatic rings. The van der Waals surface area contributed by atoms with Crippen LogP contribution in [0.4, 0.5) is 5.69 Å². The second-order valence-electron chi connectivity index (χ2n) is 4.55. The third-order valence-electron chi connectivity index (χ3n) is 2.88. The Hall–Kier alpha value is -2.12. The zero-order valence-electron chi connectivity index (χ0n) is 11.8. The molecule has 0 aliphatic heterocycles. The van der Waals surface area contributed by atoms with Crippen molar-refractivity contribution in [3.05, 3.63) is 47.8 Å². The number of sulfonamides is 1. The molecule has 7 heteroatoms. The summed E-state index contributed by atoms with van der Waals surface area (Å²) in [5, 5.41) is 0. The summed E-state index contributed by atoms with van der Waals surface area (Å²) in [5.74, 6) is 0.256. The van der Waals surface area contributed by atoms with Crippen molar-refractivity contribution in [2.45, 2.75) is 18.4 Å². The Kier molecular flexibility index (Phi) is 4.44. The molecular weight excluding hydrogens is 290 g/mol. The molecular formula is C14H17N3O3S. The van der Waals surface area contributed by atoms with Gasteiger partial charge >= 0.3 is 0 Å². The first kappa shape index (κ1) is 15.3. The van der Waals surface area contributed by atoms with E-state index in [1.54, 1.807) is 24.4 Å². The van der Waals surface area contributed by atoms with Crippen LogP contribution in [-0.2, 0) is 16.6 Å². The number of nitrogens with two attached hydrogens (primary N) is 1. The highest BCUT2D eigenvalue weighted by Crippen LogP contribution is 2.26. The minimum absolute atomic E-state index is 0.0590. The van der Waals surface area contributed by atoms with E-state index < -0.39 is 10.0 Å². The maximum absolute atomic E-state index is 12.4. The van der Waals surface area contributed by atoms with Crippen LogP contribution in [0.25, 0.3) is 0 Å². The Morgan fingerprint density at radius 2 is 2.05 bits per heavy atom. The van der Waals surface area contributed by atoms with Gasteiger partial charge in [0.1, 0.15) is 10.6 Å². The summed E-state index contributed by atoms with van der Waals surface area (Å²) in [6.45, 7) is 2.15. The number of hydrogen-bond donors (Lipinski definition) is 2. The molecule has 112 valence electrons. The molecule has 2 rings (SSSR count). The fourth-order valence-electron chi connectivity index (χ4n) is 1.88. The van der Waals surface area contributed by atoms with Crippen molar-refractivity contribution in [2.75, 3.05) is 11.8 Å². The Morgan fingerprint density at radius 1 is 1.29 bits per heavy atom. The van der Waals surface area contributed by atoms with Crippen molar-refractivity contribution in [3.63, 3.8) is 0 Å². The molecule has 0 spiro atoms. The molecule has 1 heterocycles. The van der Waals surface area contributed by atoms with Gasteiger partial charge in [-0.15, -0.1) is 0 Å². The van der Waals surface area contributed by atoms with Gasteiger partial charge in [0.2, 0.25) is 0 Å². The zero-order valence-corrected chi connectivity index (χ0v) is 12.6. The van der Waals surface area contributed by atoms with Crippen LogP contribution in [-0.4, -0.2) is 20.5 Å². The molecule has 3 N–H and O–H groups in total. The molecule has 0 unspecified atom stereocenters. The maximum atomic E-state index is 12.4. The summed E-state index contributed by atoms with van der Waals surface area (Å²) in [7, 11) is -2.33. The van der Waals surface area contributed by atoms with Crippen LogP contribution in [0.3, 0.4) is 0 Å². The van der Waals surface area contributed by atoms with Crippen LogP contribution in [0.5, 0.6) is 5.75 Å². The second-order valence-corrected chi connectivity index (χ2v) is 6.20. The highest BCUT2D eigenvalue weighted by Gasteiger charge is 2.20. The van der Waals surface area contributed by atoms with Crippen molar-refractivity contribution in [1.82, 2.24) is 4.98 Å². The van der Waals surface area contributed by atoms with E-state index in [4.69, 9.17) is 10.5 Å². The van der Waals surface area contributed by atoms with Crippen LogP contribution in [0.15, 0.2) is 41.6 Å². The van der Waals surface area contributed by atoms with Crippen molar-refractivity contribution < 1.29 is 13.2 Å². The predicted octanol–water partition coefficient (Wildman–Crippen LogP) is 1.66. The fraction of sp³-hybridized carbons (Fsp3) is 0.214. The Labute approximate surface area is 124 Å². The molecule has 1 aromatic carbocycles. The number of anilines is 1. The summed E-state index contributed by atoms with van der Waals surface area (Å²) in [5.41, 5.74) is 7.60. The summed E-state index contributed by atoms with van der Waals surface area (Å²) in [6.07, 6.45) is 3.10. The van der Waals surface area contributed by atoms with Gasteiger partial charge in [-0.1, -0.05) is 6.07 Å². The minimum Gasteiger partial charge on any atom is -0.495 e. The Morgan fingerprint density at radius 3 is 2.67 bits per heavy atom. The van der Waals surface area contributed by atoms with Crippen LogP contribution in [0, 0.1) is 6.92 Å². The molecule has 0 radical (unpaired) electrons. The molecule has 0 saturated heterocycles. The summed E-state index contributed by atoms with van der Waals surface area (Å²) < 4.78 is 32.5. The molecule has 2 aromatic rings. The number of ether oxygens (including phenoxy) is 1. The van der Waals surface area contributed by atoms with Crippen molar-refractivity contribution in [1.29, 1.82) is 0 Å². The van der Waals surface area contributed by atoms with Crippen LogP contribution < -0.4 is 15.2 Å². The van der Waals surface area contributed by atoms with E-state index in [0.717, 1.165) is 11.1 Å². The van der Waals surface area contributed by atoms with E-state index in [-0.39, 0.29) is 10.6 Å². The molecule has 0 atom stereocenters. The summed E-state index contributed by atoms with van der Waals surface area (Å²) in [4.78, 5) is 4.02. The lowest BCUT2D eigenvalue weighted by molar-refractivity contribution is 0.402. The maximum Gasteiger partial charge on any atom is 0.265 e. The summed E-state index contributed by atoms with van der Waals surface area (Å²) in [6, 6.07) is 6.45. The lowest BCUT2D eigenvalue weighted by Crippen LogP contribution is -2.14. The van der Waals surface area contributed by atoms with Crippen LogP contribution >= 0.6 is 0 Å². The third kappa shape index (κ3) is 3.50. The van der Waals surface area contributed by atoms with Gasteiger partial charge in [-0.3, -0.25) is 9.71 Å². The fourth-order valence-corrected chi connectivity index (χ4v) is 3.07. The van der Waals surface area contributed by atoms with Crippen LogP contribution in [0.2, 0.25) is 0 Å². The number of nitrogens with zero attached hydrogens (tertiary/aromatic N) is 1. The van der Waals surface area contributed by atoms with Gasteiger partial charge in [0.15, 0.2) is 0 Å². The first-order valence-electron chi connectivity index (χ1n) is 6.27. The third-order valence-corrected chi connectivity index (χ3v) is 4.30. The normalized spacial score (nSPS) is 11.2. The first-order valence-corrected chi connectivity index (χ1v) is 7.76. The lowest BCUT2D eigenvalue weighted by Gasteiger charge is -2.12. The van der Waals surface area contributed by atoms with Gasteiger partial charge in [0.05, 0.1) is 19.0 Å². The average molecular weight is 307 g/mol. The van der Waals surface area contributed by atoms with Crippen molar-refractivity contribution >= 4 is 15.7 Å². The van der Waals surface area contributed by atoms with Gasteiger partial charge in [-0.25, -0.2) is 8.42 Å². The van der Waals surface area contributed by atoms with E-state index in [1.807, 2.05) is 6.92 Å². The monoisotopic (exact) mass is 307 g/mol. The number of hydrogen-bond acceptors (Lipinski definition) is 5. The van der Waals surface area contributed by atoms with E-state index in [9.17, 15) is 8.42 Å².